The number of hydrogen-bond acceptors (Lipinski definition) is 2. The lowest BCUT2D eigenvalue weighted by Crippen LogP contribution is -2.31. The summed E-state index contributed by atoms with van der Waals surface area (Å²) in [5, 5.41) is 9.90. The Kier molecular flexibility index (Phi) is 4.42. The maximum atomic E-state index is 9.90. The van der Waals surface area contributed by atoms with Crippen LogP contribution < -0.4 is 0 Å². The average Bonchev–Trinajstić information content (AvgIpc) is 2.20. The van der Waals surface area contributed by atoms with E-state index in [-0.39, 0.29) is 5.54 Å². The molecule has 0 saturated carbocycles. The van der Waals surface area contributed by atoms with Gasteiger partial charge in [-0.2, -0.15) is 0 Å². The van der Waals surface area contributed by atoms with Crippen molar-refractivity contribution in [1.29, 1.82) is 0 Å². The highest BCUT2D eigenvalue weighted by Gasteiger charge is 2.24. The maximum Gasteiger partial charge on any atom is 0.224 e. The van der Waals surface area contributed by atoms with Crippen LogP contribution in [0.1, 0.15) is 33.3 Å². The van der Waals surface area contributed by atoms with E-state index >= 15 is 0 Å². The number of thioether (sulfide) groups is 1. The Morgan fingerprint density at radius 1 is 1.31 bits per heavy atom. The van der Waals surface area contributed by atoms with Crippen molar-refractivity contribution in [2.24, 2.45) is 0 Å². The van der Waals surface area contributed by atoms with Crippen LogP contribution in [0.4, 0.5) is 0 Å². The van der Waals surface area contributed by atoms with Gasteiger partial charge in [0.1, 0.15) is 0 Å². The fraction of sp³-hybridized carbons (Fsp3) is 0.462. The Morgan fingerprint density at radius 3 is 2.50 bits per heavy atom. The molecule has 0 amide bonds. The van der Waals surface area contributed by atoms with Crippen LogP contribution in [0.3, 0.4) is 0 Å². The maximum absolute atomic E-state index is 9.90. The minimum atomic E-state index is -0.274. The topological polar surface area (TPSA) is 23.2 Å². The highest BCUT2D eigenvalue weighted by atomic mass is 32.2. The second-order valence-corrected chi connectivity index (χ2v) is 5.92. The highest BCUT2D eigenvalue weighted by Crippen LogP contribution is 2.21. The molecule has 2 nitrogen and oxygen atoms in total. The molecule has 0 saturated heterocycles. The lowest BCUT2D eigenvalue weighted by Gasteiger charge is -2.10. The molecule has 0 heterocycles. The molecule has 1 N–H and O–H groups in total. The van der Waals surface area contributed by atoms with Gasteiger partial charge in [-0.15, -0.1) is 11.8 Å². The molecule has 0 aliphatic heterocycles. The third-order valence-corrected chi connectivity index (χ3v) is 3.14. The zero-order valence-corrected chi connectivity index (χ0v) is 11.2. The lowest BCUT2D eigenvalue weighted by molar-refractivity contribution is -0.816. The number of hydroxylamine groups is 1. The Balaban J connectivity index is 3.05. The Morgan fingerprint density at radius 2 is 1.94 bits per heavy atom. The summed E-state index contributed by atoms with van der Waals surface area (Å²) in [5.74, 6) is 1.03. The molecular formula is C13H20NOS+. The summed E-state index contributed by atoms with van der Waals surface area (Å²) in [5.41, 5.74) is 0.788. The van der Waals surface area contributed by atoms with E-state index < -0.39 is 0 Å². The van der Waals surface area contributed by atoms with Crippen molar-refractivity contribution in [3.8, 4) is 0 Å². The monoisotopic (exact) mass is 238 g/mol. The van der Waals surface area contributed by atoms with Crippen LogP contribution in [0.25, 0.3) is 0 Å². The van der Waals surface area contributed by atoms with Crippen molar-refractivity contribution in [3.05, 3.63) is 29.8 Å². The summed E-state index contributed by atoms with van der Waals surface area (Å²) in [4.78, 5) is 1.20. The first-order valence-corrected chi connectivity index (χ1v) is 6.48. The Bertz CT molecular complexity index is 380. The van der Waals surface area contributed by atoms with Crippen LogP contribution >= 0.6 is 11.8 Å². The predicted octanol–water partition coefficient (Wildman–Crippen LogP) is 3.42. The third kappa shape index (κ3) is 3.56. The van der Waals surface area contributed by atoms with E-state index in [1.165, 1.54) is 9.63 Å². The number of hydrogen-bond donors (Lipinski definition) is 1. The van der Waals surface area contributed by atoms with Crippen LogP contribution in [-0.4, -0.2) is 27.5 Å². The molecule has 1 rings (SSSR count). The molecule has 3 heteroatoms. The van der Waals surface area contributed by atoms with Crippen LogP contribution in [-0.2, 0) is 0 Å². The van der Waals surface area contributed by atoms with Crippen molar-refractivity contribution in [1.82, 2.24) is 0 Å². The lowest BCUT2D eigenvalue weighted by atomic mass is 10.1. The molecule has 0 radical (unpaired) electrons. The number of benzene rings is 1. The van der Waals surface area contributed by atoms with Crippen LogP contribution in [0.5, 0.6) is 0 Å². The minimum absolute atomic E-state index is 0.274. The smallest absolute Gasteiger partial charge is 0.224 e. The Labute approximate surface area is 102 Å². The molecule has 0 spiro atoms. The standard InChI is InChI=1S/C13H20NOS/c1-5-16-12-9-7-6-8-11(12)10-14(15)13(2,3)4/h6-10,15H,5H2,1-4H3/q+1/b14-10-. The zero-order valence-electron chi connectivity index (χ0n) is 10.4. The van der Waals surface area contributed by atoms with E-state index in [0.717, 1.165) is 11.3 Å². The van der Waals surface area contributed by atoms with E-state index in [2.05, 4.69) is 13.0 Å². The van der Waals surface area contributed by atoms with Crippen molar-refractivity contribution in [3.63, 3.8) is 0 Å². The molecule has 88 valence electrons. The molecule has 0 bridgehead atoms. The normalized spacial score (nSPS) is 12.9. The van der Waals surface area contributed by atoms with E-state index in [1.54, 1.807) is 18.0 Å². The van der Waals surface area contributed by atoms with Gasteiger partial charge in [0, 0.05) is 25.7 Å². The van der Waals surface area contributed by atoms with Crippen molar-refractivity contribution in [2.45, 2.75) is 38.1 Å². The molecule has 0 aliphatic carbocycles. The fourth-order valence-electron chi connectivity index (χ4n) is 1.20. The highest BCUT2D eigenvalue weighted by molar-refractivity contribution is 7.99. The molecule has 0 fully saturated rings. The number of rotatable bonds is 3. The van der Waals surface area contributed by atoms with Crippen LogP contribution in [0, 0.1) is 0 Å². The Hall–Kier alpha value is -0.960. The van der Waals surface area contributed by atoms with E-state index in [0.29, 0.717) is 0 Å². The fourth-order valence-corrected chi connectivity index (χ4v) is 1.97. The van der Waals surface area contributed by atoms with Gasteiger partial charge in [-0.3, -0.25) is 5.21 Å². The second kappa shape index (κ2) is 5.39. The second-order valence-electron chi connectivity index (χ2n) is 4.62. The quantitative estimate of drug-likeness (QED) is 0.287. The van der Waals surface area contributed by atoms with Gasteiger partial charge < -0.3 is 0 Å². The van der Waals surface area contributed by atoms with Crippen LogP contribution in [0.2, 0.25) is 0 Å². The van der Waals surface area contributed by atoms with Crippen molar-refractivity contribution >= 4 is 18.0 Å². The van der Waals surface area contributed by atoms with Gasteiger partial charge in [-0.05, 0) is 22.6 Å². The SMILES string of the molecule is CCSc1ccccc1/C=[N+](\O)C(C)(C)C. The molecule has 1 aromatic carbocycles. The molecular weight excluding hydrogens is 218 g/mol. The van der Waals surface area contributed by atoms with Crippen LogP contribution in [0.15, 0.2) is 29.2 Å². The third-order valence-electron chi connectivity index (χ3n) is 2.17. The van der Waals surface area contributed by atoms with Gasteiger partial charge in [0.25, 0.3) is 0 Å². The molecule has 0 aliphatic rings. The van der Waals surface area contributed by atoms with Gasteiger partial charge >= 0.3 is 0 Å². The first-order chi connectivity index (χ1) is 7.45. The summed E-state index contributed by atoms with van der Waals surface area (Å²) in [6.45, 7) is 8.04. The first kappa shape index (κ1) is 13.1. The van der Waals surface area contributed by atoms with Crippen molar-refractivity contribution < 1.29 is 9.95 Å². The van der Waals surface area contributed by atoms with Gasteiger partial charge in [0.2, 0.25) is 11.8 Å². The van der Waals surface area contributed by atoms with Gasteiger partial charge in [-0.1, -0.05) is 19.1 Å². The minimum Gasteiger partial charge on any atom is -0.290 e. The van der Waals surface area contributed by atoms with E-state index in [4.69, 9.17) is 0 Å². The molecule has 0 unspecified atom stereocenters. The van der Waals surface area contributed by atoms with Gasteiger partial charge in [0.05, 0.1) is 5.56 Å². The summed E-state index contributed by atoms with van der Waals surface area (Å²) in [7, 11) is 0. The summed E-state index contributed by atoms with van der Waals surface area (Å²) in [6.07, 6.45) is 1.79. The van der Waals surface area contributed by atoms with E-state index in [9.17, 15) is 5.21 Å². The molecule has 0 atom stereocenters. The largest absolute Gasteiger partial charge is 0.290 e. The van der Waals surface area contributed by atoms with Gasteiger partial charge in [0.15, 0.2) is 0 Å². The van der Waals surface area contributed by atoms with E-state index in [1.807, 2.05) is 39.0 Å². The average molecular weight is 238 g/mol. The van der Waals surface area contributed by atoms with Gasteiger partial charge in [-0.25, -0.2) is 0 Å². The zero-order chi connectivity index (χ0) is 12.2. The first-order valence-electron chi connectivity index (χ1n) is 5.50. The summed E-state index contributed by atoms with van der Waals surface area (Å²) < 4.78 is 1.27. The predicted molar refractivity (Wildman–Crippen MR) is 69.8 cm³/mol. The summed E-state index contributed by atoms with van der Waals surface area (Å²) in [6, 6.07) is 8.11. The number of nitrogens with zero attached hydrogens (tertiary/aromatic N) is 1. The van der Waals surface area contributed by atoms with Crippen molar-refractivity contribution in [2.75, 3.05) is 5.75 Å². The molecule has 0 aromatic heterocycles. The molecule has 1 aromatic rings. The summed E-state index contributed by atoms with van der Waals surface area (Å²) >= 11 is 1.79. The molecule has 16 heavy (non-hydrogen) atoms.